The van der Waals surface area contributed by atoms with Crippen LogP contribution in [0.25, 0.3) is 0 Å². The lowest BCUT2D eigenvalue weighted by Crippen LogP contribution is -1.84. The van der Waals surface area contributed by atoms with Crippen LogP contribution in [0.15, 0.2) is 16.1 Å². The molecule has 0 amide bonds. The SMILES string of the molecule is CC(C)=C(C)CN=C=O. The second-order valence-electron chi connectivity index (χ2n) is 2.19. The summed E-state index contributed by atoms with van der Waals surface area (Å²) in [5, 5.41) is 0. The molecule has 50 valence electrons. The zero-order chi connectivity index (χ0) is 7.28. The van der Waals surface area contributed by atoms with Crippen molar-refractivity contribution < 1.29 is 4.79 Å². The van der Waals surface area contributed by atoms with Crippen molar-refractivity contribution in [1.29, 1.82) is 0 Å². The first-order valence-corrected chi connectivity index (χ1v) is 2.85. The maximum absolute atomic E-state index is 9.62. The Morgan fingerprint density at radius 3 is 2.33 bits per heavy atom. The zero-order valence-corrected chi connectivity index (χ0v) is 6.06. The summed E-state index contributed by atoms with van der Waals surface area (Å²) >= 11 is 0. The highest BCUT2D eigenvalue weighted by molar-refractivity contribution is 5.34. The lowest BCUT2D eigenvalue weighted by Gasteiger charge is -1.94. The molecule has 0 aromatic carbocycles. The van der Waals surface area contributed by atoms with Crippen molar-refractivity contribution >= 4 is 6.08 Å². The molecule has 0 N–H and O–H groups in total. The Hall–Kier alpha value is -0.880. The Kier molecular flexibility index (Phi) is 3.65. The van der Waals surface area contributed by atoms with E-state index in [1.807, 2.05) is 20.8 Å². The molecular formula is C7H11NO. The van der Waals surface area contributed by atoms with Gasteiger partial charge in [0.05, 0.1) is 6.54 Å². The van der Waals surface area contributed by atoms with Crippen LogP contribution in [0.3, 0.4) is 0 Å². The molecule has 0 saturated carbocycles. The first-order chi connectivity index (χ1) is 4.18. The summed E-state index contributed by atoms with van der Waals surface area (Å²) < 4.78 is 0. The van der Waals surface area contributed by atoms with E-state index >= 15 is 0 Å². The highest BCUT2D eigenvalue weighted by Crippen LogP contribution is 2.00. The molecule has 0 spiro atoms. The fraction of sp³-hybridized carbons (Fsp3) is 0.571. The third kappa shape index (κ3) is 3.68. The van der Waals surface area contributed by atoms with Crippen molar-refractivity contribution in [2.75, 3.05) is 6.54 Å². The molecule has 0 atom stereocenters. The number of rotatable bonds is 2. The minimum absolute atomic E-state index is 0.492. The van der Waals surface area contributed by atoms with Gasteiger partial charge in [-0.3, -0.25) is 0 Å². The van der Waals surface area contributed by atoms with Crippen LogP contribution in [0.2, 0.25) is 0 Å². The fourth-order valence-corrected chi connectivity index (χ4v) is 0.309. The topological polar surface area (TPSA) is 29.4 Å². The molecule has 0 fully saturated rings. The molecule has 0 radical (unpaired) electrons. The molecule has 9 heavy (non-hydrogen) atoms. The van der Waals surface area contributed by atoms with Crippen molar-refractivity contribution in [3.8, 4) is 0 Å². The summed E-state index contributed by atoms with van der Waals surface area (Å²) in [6.45, 7) is 6.44. The van der Waals surface area contributed by atoms with Crippen LogP contribution in [0.5, 0.6) is 0 Å². The van der Waals surface area contributed by atoms with E-state index in [-0.39, 0.29) is 0 Å². The van der Waals surface area contributed by atoms with E-state index in [1.165, 1.54) is 11.7 Å². The van der Waals surface area contributed by atoms with Crippen LogP contribution in [0, 0.1) is 0 Å². The minimum atomic E-state index is 0.492. The van der Waals surface area contributed by atoms with Gasteiger partial charge in [0.2, 0.25) is 6.08 Å². The average Bonchev–Trinajstić information content (AvgIpc) is 1.82. The number of hydrogen-bond acceptors (Lipinski definition) is 2. The van der Waals surface area contributed by atoms with E-state index in [0.29, 0.717) is 6.54 Å². The molecular weight excluding hydrogens is 114 g/mol. The Balaban J connectivity index is 3.91. The maximum atomic E-state index is 9.62. The van der Waals surface area contributed by atoms with Gasteiger partial charge in [0.25, 0.3) is 0 Å². The Bertz CT molecular complexity index is 160. The van der Waals surface area contributed by atoms with Crippen LogP contribution in [-0.2, 0) is 4.79 Å². The monoisotopic (exact) mass is 125 g/mol. The van der Waals surface area contributed by atoms with E-state index in [1.54, 1.807) is 0 Å². The summed E-state index contributed by atoms with van der Waals surface area (Å²) in [5.74, 6) is 0. The standard InChI is InChI=1S/C7H11NO/c1-6(2)7(3)4-8-5-9/h4H2,1-3H3. The molecule has 0 heterocycles. The van der Waals surface area contributed by atoms with Crippen molar-refractivity contribution in [2.45, 2.75) is 20.8 Å². The average molecular weight is 125 g/mol. The lowest BCUT2D eigenvalue weighted by atomic mass is 10.2. The van der Waals surface area contributed by atoms with Crippen LogP contribution in [-0.4, -0.2) is 12.6 Å². The van der Waals surface area contributed by atoms with Gasteiger partial charge in [0, 0.05) is 0 Å². The molecule has 0 bridgehead atoms. The Morgan fingerprint density at radius 1 is 1.44 bits per heavy atom. The number of allylic oxidation sites excluding steroid dienone is 1. The largest absolute Gasteiger partial charge is 0.235 e. The van der Waals surface area contributed by atoms with Gasteiger partial charge in [-0.25, -0.2) is 9.79 Å². The highest BCUT2D eigenvalue weighted by Gasteiger charge is 1.87. The van der Waals surface area contributed by atoms with E-state index in [0.717, 1.165) is 5.57 Å². The summed E-state index contributed by atoms with van der Waals surface area (Å²) in [5.41, 5.74) is 2.35. The van der Waals surface area contributed by atoms with Crippen LogP contribution < -0.4 is 0 Å². The van der Waals surface area contributed by atoms with Crippen molar-refractivity contribution in [1.82, 2.24) is 0 Å². The molecule has 0 unspecified atom stereocenters. The number of aliphatic imine (C=N–C) groups is 1. The Morgan fingerprint density at radius 2 is 2.00 bits per heavy atom. The normalized spacial score (nSPS) is 7.89. The molecule has 0 aromatic heterocycles. The number of nitrogens with zero attached hydrogens (tertiary/aromatic N) is 1. The molecule has 2 nitrogen and oxygen atoms in total. The predicted octanol–water partition coefficient (Wildman–Crippen LogP) is 1.68. The van der Waals surface area contributed by atoms with Crippen molar-refractivity contribution in [3.63, 3.8) is 0 Å². The summed E-state index contributed by atoms with van der Waals surface area (Å²) in [6, 6.07) is 0. The molecule has 0 saturated heterocycles. The fourth-order valence-electron chi connectivity index (χ4n) is 0.309. The van der Waals surface area contributed by atoms with Crippen LogP contribution in [0.1, 0.15) is 20.8 Å². The van der Waals surface area contributed by atoms with Gasteiger partial charge in [-0.15, -0.1) is 0 Å². The van der Waals surface area contributed by atoms with Gasteiger partial charge in [-0.05, 0) is 20.8 Å². The molecule has 0 aliphatic heterocycles. The van der Waals surface area contributed by atoms with Crippen LogP contribution >= 0.6 is 0 Å². The minimum Gasteiger partial charge on any atom is -0.211 e. The summed E-state index contributed by atoms with van der Waals surface area (Å²) in [7, 11) is 0. The third-order valence-electron chi connectivity index (χ3n) is 1.23. The number of carbonyl (C=O) groups excluding carboxylic acids is 1. The second kappa shape index (κ2) is 4.04. The summed E-state index contributed by atoms with van der Waals surface area (Å²) in [6.07, 6.45) is 1.49. The van der Waals surface area contributed by atoms with E-state index < -0.39 is 0 Å². The van der Waals surface area contributed by atoms with Gasteiger partial charge < -0.3 is 0 Å². The number of isocyanates is 1. The van der Waals surface area contributed by atoms with E-state index in [2.05, 4.69) is 4.99 Å². The zero-order valence-electron chi connectivity index (χ0n) is 6.06. The molecule has 0 aromatic rings. The first kappa shape index (κ1) is 8.12. The number of hydrogen-bond donors (Lipinski definition) is 0. The van der Waals surface area contributed by atoms with Crippen LogP contribution in [0.4, 0.5) is 0 Å². The second-order valence-corrected chi connectivity index (χ2v) is 2.19. The van der Waals surface area contributed by atoms with Gasteiger partial charge in [0.1, 0.15) is 0 Å². The van der Waals surface area contributed by atoms with Gasteiger partial charge in [-0.2, -0.15) is 0 Å². The quantitative estimate of drug-likeness (QED) is 0.313. The smallest absolute Gasteiger partial charge is 0.211 e. The van der Waals surface area contributed by atoms with Gasteiger partial charge in [0.15, 0.2) is 0 Å². The molecule has 0 rings (SSSR count). The predicted molar refractivity (Wildman–Crippen MR) is 37.0 cm³/mol. The maximum Gasteiger partial charge on any atom is 0.235 e. The third-order valence-corrected chi connectivity index (χ3v) is 1.23. The van der Waals surface area contributed by atoms with Gasteiger partial charge in [-0.1, -0.05) is 11.1 Å². The highest BCUT2D eigenvalue weighted by atomic mass is 16.1. The lowest BCUT2D eigenvalue weighted by molar-refractivity contribution is 0.563. The van der Waals surface area contributed by atoms with E-state index in [9.17, 15) is 4.79 Å². The Labute approximate surface area is 55.3 Å². The summed E-state index contributed by atoms with van der Waals surface area (Å²) in [4.78, 5) is 13.0. The van der Waals surface area contributed by atoms with Crippen molar-refractivity contribution in [3.05, 3.63) is 11.1 Å². The first-order valence-electron chi connectivity index (χ1n) is 2.85. The van der Waals surface area contributed by atoms with E-state index in [4.69, 9.17) is 0 Å². The van der Waals surface area contributed by atoms with Gasteiger partial charge >= 0.3 is 0 Å². The molecule has 0 aliphatic rings. The molecule has 0 aliphatic carbocycles. The van der Waals surface area contributed by atoms with Crippen molar-refractivity contribution in [2.24, 2.45) is 4.99 Å². The molecule has 2 heteroatoms.